The normalized spacial score (nSPS) is 11.4. The van der Waals surface area contributed by atoms with Crippen molar-refractivity contribution in [2.75, 3.05) is 23.5 Å². The van der Waals surface area contributed by atoms with Gasteiger partial charge in [-0.25, -0.2) is 22.2 Å². The van der Waals surface area contributed by atoms with Crippen LogP contribution in [-0.4, -0.2) is 46.1 Å². The Kier molecular flexibility index (Phi) is 6.03. The van der Waals surface area contributed by atoms with Gasteiger partial charge in [-0.3, -0.25) is 4.68 Å². The predicted molar refractivity (Wildman–Crippen MR) is 101 cm³/mol. The molecule has 0 radical (unpaired) electrons. The van der Waals surface area contributed by atoms with Gasteiger partial charge in [-0.05, 0) is 23.8 Å². The third-order valence-electron chi connectivity index (χ3n) is 3.83. The second kappa shape index (κ2) is 8.49. The van der Waals surface area contributed by atoms with Crippen LogP contribution in [0.5, 0.6) is 0 Å². The van der Waals surface area contributed by atoms with Crippen LogP contribution in [0.25, 0.3) is 0 Å². The summed E-state index contributed by atoms with van der Waals surface area (Å²) >= 11 is 0. The molecule has 0 saturated heterocycles. The summed E-state index contributed by atoms with van der Waals surface area (Å²) in [6.07, 6.45) is 5.05. The number of anilines is 3. The molecule has 0 bridgehead atoms. The molecule has 2 heterocycles. The minimum absolute atomic E-state index is 0.0597. The molecule has 3 N–H and O–H groups in total. The molecule has 0 atom stereocenters. The maximum absolute atomic E-state index is 14.1. The van der Waals surface area contributed by atoms with Gasteiger partial charge in [-0.2, -0.15) is 10.1 Å². The average Bonchev–Trinajstić information content (AvgIpc) is 3.08. The molecular weight excluding hydrogens is 406 g/mol. The Bertz CT molecular complexity index is 1120. The van der Waals surface area contributed by atoms with Crippen molar-refractivity contribution in [2.24, 2.45) is 0 Å². The molecule has 9 nitrogen and oxygen atoms in total. The number of nitrogens with zero attached hydrogens (tertiary/aromatic N) is 4. The second-order valence-corrected chi connectivity index (χ2v) is 8.09. The molecule has 3 rings (SSSR count). The zero-order valence-corrected chi connectivity index (χ0v) is 16.1. The van der Waals surface area contributed by atoms with Gasteiger partial charge in [-0.15, -0.1) is 0 Å². The molecule has 1 aromatic carbocycles. The van der Waals surface area contributed by atoms with Crippen molar-refractivity contribution in [3.05, 3.63) is 54.0 Å². The Hall–Kier alpha value is -3.12. The van der Waals surface area contributed by atoms with Crippen LogP contribution in [0.2, 0.25) is 0 Å². The average molecular weight is 424 g/mol. The van der Waals surface area contributed by atoms with Crippen molar-refractivity contribution in [2.45, 2.75) is 18.0 Å². The van der Waals surface area contributed by atoms with Crippen LogP contribution in [0.1, 0.15) is 5.56 Å². The first-order valence-corrected chi connectivity index (χ1v) is 10.3. The highest BCUT2D eigenvalue weighted by atomic mass is 32.2. The fourth-order valence-electron chi connectivity index (χ4n) is 2.56. The highest BCUT2D eigenvalue weighted by Gasteiger charge is 2.15. The number of rotatable bonds is 8. The van der Waals surface area contributed by atoms with E-state index in [0.717, 1.165) is 30.7 Å². The quantitative estimate of drug-likeness (QED) is 0.467. The van der Waals surface area contributed by atoms with E-state index >= 15 is 0 Å². The van der Waals surface area contributed by atoms with Crippen molar-refractivity contribution in [1.29, 1.82) is 0 Å². The molecule has 0 amide bonds. The van der Waals surface area contributed by atoms with E-state index in [4.69, 9.17) is 5.11 Å². The molecule has 12 heteroatoms. The molecular formula is C17H18F2N6O3S. The number of aliphatic hydroxyl groups excluding tert-OH is 1. The Morgan fingerprint density at radius 2 is 2.03 bits per heavy atom. The zero-order valence-electron chi connectivity index (χ0n) is 15.3. The van der Waals surface area contributed by atoms with Gasteiger partial charge in [0.2, 0.25) is 5.95 Å². The predicted octanol–water partition coefficient (Wildman–Crippen LogP) is 1.70. The fraction of sp³-hybridized carbons (Fsp3) is 0.235. The lowest BCUT2D eigenvalue weighted by molar-refractivity contribution is 0.269. The van der Waals surface area contributed by atoms with Crippen LogP contribution in [0.4, 0.5) is 26.2 Å². The molecule has 3 aromatic rings. The number of aliphatic hydroxyl groups is 1. The summed E-state index contributed by atoms with van der Waals surface area (Å²) in [7, 11) is -3.59. The lowest BCUT2D eigenvalue weighted by Crippen LogP contribution is -2.10. The zero-order chi connectivity index (χ0) is 21.0. The standard InChI is InChI=1S/C17H18F2N6O3S/c1-29(27,28)15-3-2-12(18)6-11(15)7-20-16-14(19)9-21-17(24-16)23-13-8-22-25(10-13)4-5-26/h2-3,6,8-10,26H,4-5,7H2,1H3,(H2,20,21,23,24). The largest absolute Gasteiger partial charge is 0.394 e. The number of benzene rings is 1. The molecule has 0 fully saturated rings. The minimum Gasteiger partial charge on any atom is -0.394 e. The third-order valence-corrected chi connectivity index (χ3v) is 5.03. The van der Waals surface area contributed by atoms with E-state index in [1.807, 2.05) is 0 Å². The maximum atomic E-state index is 14.1. The lowest BCUT2D eigenvalue weighted by atomic mass is 10.2. The molecule has 29 heavy (non-hydrogen) atoms. The van der Waals surface area contributed by atoms with Crippen molar-refractivity contribution >= 4 is 27.3 Å². The second-order valence-electron chi connectivity index (χ2n) is 6.11. The number of halogens is 2. The van der Waals surface area contributed by atoms with Gasteiger partial charge in [-0.1, -0.05) is 0 Å². The third kappa shape index (κ3) is 5.23. The summed E-state index contributed by atoms with van der Waals surface area (Å²) in [5.74, 6) is -1.49. The van der Waals surface area contributed by atoms with Crippen molar-refractivity contribution < 1.29 is 22.3 Å². The van der Waals surface area contributed by atoms with E-state index in [2.05, 4.69) is 25.7 Å². The Morgan fingerprint density at radius 1 is 1.24 bits per heavy atom. The first-order valence-electron chi connectivity index (χ1n) is 8.41. The molecule has 0 aliphatic rings. The number of sulfone groups is 1. The lowest BCUT2D eigenvalue weighted by Gasteiger charge is -2.11. The van der Waals surface area contributed by atoms with Crippen LogP contribution in [0.3, 0.4) is 0 Å². The van der Waals surface area contributed by atoms with Crippen molar-refractivity contribution in [3.8, 4) is 0 Å². The number of aromatic nitrogens is 4. The van der Waals surface area contributed by atoms with Crippen LogP contribution >= 0.6 is 0 Å². The van der Waals surface area contributed by atoms with Crippen LogP contribution in [0.15, 0.2) is 41.7 Å². The Labute approximate surface area is 165 Å². The van der Waals surface area contributed by atoms with E-state index in [9.17, 15) is 17.2 Å². The Balaban J connectivity index is 1.78. The molecule has 0 aliphatic heterocycles. The molecule has 0 spiro atoms. The minimum atomic E-state index is -3.59. The van der Waals surface area contributed by atoms with E-state index in [1.165, 1.54) is 10.9 Å². The molecule has 154 valence electrons. The summed E-state index contributed by atoms with van der Waals surface area (Å²) < 4.78 is 52.9. The summed E-state index contributed by atoms with van der Waals surface area (Å²) in [5.41, 5.74) is 0.672. The van der Waals surface area contributed by atoms with Gasteiger partial charge in [0.1, 0.15) is 5.82 Å². The summed E-state index contributed by atoms with van der Waals surface area (Å²) in [6, 6.07) is 3.27. The van der Waals surface area contributed by atoms with Gasteiger partial charge < -0.3 is 15.7 Å². The molecule has 0 unspecified atom stereocenters. The Morgan fingerprint density at radius 3 is 2.76 bits per heavy atom. The van der Waals surface area contributed by atoms with Gasteiger partial charge in [0.05, 0.1) is 36.1 Å². The monoisotopic (exact) mass is 424 g/mol. The van der Waals surface area contributed by atoms with Gasteiger partial charge in [0, 0.05) is 19.0 Å². The van der Waals surface area contributed by atoms with Crippen LogP contribution in [-0.2, 0) is 22.9 Å². The fourth-order valence-corrected chi connectivity index (χ4v) is 3.48. The van der Waals surface area contributed by atoms with E-state index in [1.54, 1.807) is 6.20 Å². The van der Waals surface area contributed by atoms with E-state index in [-0.39, 0.29) is 35.4 Å². The number of hydrogen-bond donors (Lipinski definition) is 3. The summed E-state index contributed by atoms with van der Waals surface area (Å²) in [4.78, 5) is 7.79. The van der Waals surface area contributed by atoms with Crippen molar-refractivity contribution in [1.82, 2.24) is 19.7 Å². The van der Waals surface area contributed by atoms with Crippen LogP contribution < -0.4 is 10.6 Å². The SMILES string of the molecule is CS(=O)(=O)c1ccc(F)cc1CNc1nc(Nc2cnn(CCO)c2)ncc1F. The van der Waals surface area contributed by atoms with E-state index in [0.29, 0.717) is 12.2 Å². The van der Waals surface area contributed by atoms with E-state index < -0.39 is 21.5 Å². The highest BCUT2D eigenvalue weighted by Crippen LogP contribution is 2.20. The van der Waals surface area contributed by atoms with Gasteiger partial charge in [0.25, 0.3) is 0 Å². The van der Waals surface area contributed by atoms with Crippen molar-refractivity contribution in [3.63, 3.8) is 0 Å². The molecule has 0 aliphatic carbocycles. The first-order chi connectivity index (χ1) is 13.8. The smallest absolute Gasteiger partial charge is 0.229 e. The molecule has 2 aromatic heterocycles. The van der Waals surface area contributed by atoms with Crippen LogP contribution in [0, 0.1) is 11.6 Å². The number of nitrogens with one attached hydrogen (secondary N) is 2. The first kappa shape index (κ1) is 20.6. The maximum Gasteiger partial charge on any atom is 0.229 e. The summed E-state index contributed by atoms with van der Waals surface area (Å²) in [6.45, 7) is 0.0782. The number of hydrogen-bond acceptors (Lipinski definition) is 8. The summed E-state index contributed by atoms with van der Waals surface area (Å²) in [5, 5.41) is 18.4. The van der Waals surface area contributed by atoms with Gasteiger partial charge >= 0.3 is 0 Å². The molecule has 0 saturated carbocycles. The van der Waals surface area contributed by atoms with Gasteiger partial charge in [0.15, 0.2) is 21.5 Å². The highest BCUT2D eigenvalue weighted by molar-refractivity contribution is 7.90. The topological polar surface area (TPSA) is 122 Å².